The fourth-order valence-electron chi connectivity index (χ4n) is 4.29. The highest BCUT2D eigenvalue weighted by Crippen LogP contribution is 2.40. The van der Waals surface area contributed by atoms with Gasteiger partial charge in [-0.2, -0.15) is 0 Å². The van der Waals surface area contributed by atoms with Crippen LogP contribution in [0.3, 0.4) is 0 Å². The molecule has 1 aliphatic heterocycles. The van der Waals surface area contributed by atoms with E-state index in [1.54, 1.807) is 0 Å². The molecule has 3 nitrogen and oxygen atoms in total. The van der Waals surface area contributed by atoms with Crippen molar-refractivity contribution >= 4 is 5.91 Å². The molecule has 0 bridgehead atoms. The molecule has 2 saturated carbocycles. The van der Waals surface area contributed by atoms with Crippen LogP contribution < -0.4 is 5.32 Å². The number of hydrogen-bond donors (Lipinski definition) is 1. The highest BCUT2D eigenvalue weighted by Gasteiger charge is 2.53. The van der Waals surface area contributed by atoms with Gasteiger partial charge in [0.15, 0.2) is 0 Å². The third kappa shape index (κ3) is 1.87. The summed E-state index contributed by atoms with van der Waals surface area (Å²) in [5.74, 6) is 1.12. The summed E-state index contributed by atoms with van der Waals surface area (Å²) >= 11 is 0. The van der Waals surface area contributed by atoms with Gasteiger partial charge in [0, 0.05) is 6.54 Å². The molecule has 3 aliphatic rings. The van der Waals surface area contributed by atoms with E-state index in [0.717, 1.165) is 25.8 Å². The van der Waals surface area contributed by atoms with Crippen LogP contribution in [0.1, 0.15) is 64.7 Å². The number of rotatable bonds is 3. The summed E-state index contributed by atoms with van der Waals surface area (Å²) in [5, 5.41) is 3.77. The van der Waals surface area contributed by atoms with Gasteiger partial charge >= 0.3 is 0 Å². The van der Waals surface area contributed by atoms with Crippen molar-refractivity contribution < 1.29 is 4.79 Å². The van der Waals surface area contributed by atoms with Gasteiger partial charge in [-0.3, -0.25) is 10.1 Å². The molecule has 3 rings (SSSR count). The van der Waals surface area contributed by atoms with Gasteiger partial charge in [-0.25, -0.2) is 0 Å². The zero-order valence-corrected chi connectivity index (χ0v) is 11.6. The maximum Gasteiger partial charge on any atom is 0.244 e. The van der Waals surface area contributed by atoms with Crippen molar-refractivity contribution in [2.24, 2.45) is 5.92 Å². The third-order valence-corrected chi connectivity index (χ3v) is 5.20. The molecule has 0 radical (unpaired) electrons. The van der Waals surface area contributed by atoms with Crippen LogP contribution in [0.5, 0.6) is 0 Å². The molecule has 3 fully saturated rings. The Hall–Kier alpha value is -0.570. The fourth-order valence-corrected chi connectivity index (χ4v) is 4.29. The van der Waals surface area contributed by atoms with Crippen molar-refractivity contribution in [3.63, 3.8) is 0 Å². The molecular formula is C15H26N2O. The van der Waals surface area contributed by atoms with Crippen LogP contribution >= 0.6 is 0 Å². The Labute approximate surface area is 110 Å². The summed E-state index contributed by atoms with van der Waals surface area (Å²) in [7, 11) is 0. The molecule has 3 heteroatoms. The van der Waals surface area contributed by atoms with Crippen LogP contribution in [0, 0.1) is 5.92 Å². The monoisotopic (exact) mass is 250 g/mol. The normalized spacial score (nSPS) is 31.9. The number of carbonyl (C=O) groups excluding carboxylic acids is 1. The van der Waals surface area contributed by atoms with Gasteiger partial charge in [0.25, 0.3) is 0 Å². The number of carbonyl (C=O) groups is 1. The van der Waals surface area contributed by atoms with E-state index in [-0.39, 0.29) is 5.54 Å². The van der Waals surface area contributed by atoms with Crippen molar-refractivity contribution in [1.29, 1.82) is 0 Å². The number of nitrogens with zero attached hydrogens (tertiary/aromatic N) is 1. The van der Waals surface area contributed by atoms with E-state index >= 15 is 0 Å². The van der Waals surface area contributed by atoms with Gasteiger partial charge in [0.2, 0.25) is 5.91 Å². The third-order valence-electron chi connectivity index (χ3n) is 5.20. The summed E-state index contributed by atoms with van der Waals surface area (Å²) in [4.78, 5) is 14.9. The highest BCUT2D eigenvalue weighted by atomic mass is 16.2. The number of amides is 1. The van der Waals surface area contributed by atoms with E-state index in [2.05, 4.69) is 17.1 Å². The van der Waals surface area contributed by atoms with Crippen molar-refractivity contribution in [1.82, 2.24) is 10.2 Å². The molecule has 1 unspecified atom stereocenters. The predicted molar refractivity (Wildman–Crippen MR) is 72.1 cm³/mol. The first-order valence-electron chi connectivity index (χ1n) is 7.85. The summed E-state index contributed by atoms with van der Waals surface area (Å²) in [5.41, 5.74) is -0.164. The number of hydrogen-bond acceptors (Lipinski definition) is 2. The molecule has 0 aromatic rings. The lowest BCUT2D eigenvalue weighted by molar-refractivity contribution is -0.133. The van der Waals surface area contributed by atoms with Crippen LogP contribution in [0.4, 0.5) is 0 Å². The van der Waals surface area contributed by atoms with Crippen LogP contribution in [-0.2, 0) is 4.79 Å². The maximum absolute atomic E-state index is 12.8. The largest absolute Gasteiger partial charge is 0.325 e. The SMILES string of the molecule is CCCN1C(=O)C2(CCCC2)NC1C1CCCC1. The van der Waals surface area contributed by atoms with E-state index < -0.39 is 0 Å². The van der Waals surface area contributed by atoms with Crippen LogP contribution in [-0.4, -0.2) is 29.1 Å². The zero-order valence-electron chi connectivity index (χ0n) is 11.6. The van der Waals surface area contributed by atoms with Crippen molar-refractivity contribution in [2.45, 2.75) is 76.4 Å². The highest BCUT2D eigenvalue weighted by molar-refractivity contribution is 5.89. The molecule has 102 valence electrons. The number of nitrogens with one attached hydrogen (secondary N) is 1. The molecule has 1 spiro atoms. The lowest BCUT2D eigenvalue weighted by atomic mass is 9.97. The summed E-state index contributed by atoms with van der Waals surface area (Å²) in [6.07, 6.45) is 11.3. The minimum Gasteiger partial charge on any atom is -0.325 e. The van der Waals surface area contributed by atoms with Crippen LogP contribution in [0.2, 0.25) is 0 Å². The summed E-state index contributed by atoms with van der Waals surface area (Å²) in [6.45, 7) is 3.12. The maximum atomic E-state index is 12.8. The lowest BCUT2D eigenvalue weighted by Gasteiger charge is -2.28. The second-order valence-electron chi connectivity index (χ2n) is 6.42. The molecule has 1 heterocycles. The molecule has 2 aliphatic carbocycles. The van der Waals surface area contributed by atoms with Crippen molar-refractivity contribution in [2.75, 3.05) is 6.54 Å². The smallest absolute Gasteiger partial charge is 0.244 e. The molecule has 0 aromatic heterocycles. The molecule has 1 N–H and O–H groups in total. The van der Waals surface area contributed by atoms with Crippen LogP contribution in [0.15, 0.2) is 0 Å². The molecule has 1 amide bonds. The minimum absolute atomic E-state index is 0.164. The Balaban J connectivity index is 1.81. The zero-order chi connectivity index (χ0) is 12.6. The van der Waals surface area contributed by atoms with Gasteiger partial charge in [-0.05, 0) is 38.0 Å². The van der Waals surface area contributed by atoms with E-state index in [0.29, 0.717) is 18.0 Å². The van der Waals surface area contributed by atoms with Gasteiger partial charge in [0.05, 0.1) is 11.7 Å². The Kier molecular flexibility index (Phi) is 3.35. The lowest BCUT2D eigenvalue weighted by Crippen LogP contribution is -2.46. The summed E-state index contributed by atoms with van der Waals surface area (Å²) < 4.78 is 0. The van der Waals surface area contributed by atoms with Crippen molar-refractivity contribution in [3.8, 4) is 0 Å². The van der Waals surface area contributed by atoms with Gasteiger partial charge in [-0.1, -0.05) is 32.6 Å². The first-order chi connectivity index (χ1) is 8.77. The quantitative estimate of drug-likeness (QED) is 0.835. The Morgan fingerprint density at radius 1 is 1.22 bits per heavy atom. The molecule has 0 aromatic carbocycles. The Morgan fingerprint density at radius 3 is 2.50 bits per heavy atom. The van der Waals surface area contributed by atoms with Crippen LogP contribution in [0.25, 0.3) is 0 Å². The molecule has 1 saturated heterocycles. The average molecular weight is 250 g/mol. The molecular weight excluding hydrogens is 224 g/mol. The van der Waals surface area contributed by atoms with Crippen molar-refractivity contribution in [3.05, 3.63) is 0 Å². The average Bonchev–Trinajstić information content (AvgIpc) is 3.07. The Morgan fingerprint density at radius 2 is 1.89 bits per heavy atom. The first kappa shape index (κ1) is 12.5. The standard InChI is InChI=1S/C15H26N2O/c1-2-11-17-13(12-7-3-4-8-12)16-15(14(17)18)9-5-6-10-15/h12-13,16H,2-11H2,1H3. The fraction of sp³-hybridized carbons (Fsp3) is 0.933. The summed E-state index contributed by atoms with van der Waals surface area (Å²) in [6, 6.07) is 0. The first-order valence-corrected chi connectivity index (χ1v) is 7.85. The minimum atomic E-state index is -0.164. The predicted octanol–water partition coefficient (Wildman–Crippen LogP) is 2.66. The van der Waals surface area contributed by atoms with E-state index in [4.69, 9.17) is 0 Å². The molecule has 1 atom stereocenters. The van der Waals surface area contributed by atoms with Gasteiger partial charge in [0.1, 0.15) is 0 Å². The van der Waals surface area contributed by atoms with Gasteiger partial charge in [-0.15, -0.1) is 0 Å². The van der Waals surface area contributed by atoms with E-state index in [9.17, 15) is 4.79 Å². The van der Waals surface area contributed by atoms with Gasteiger partial charge < -0.3 is 4.90 Å². The second kappa shape index (κ2) is 4.84. The Bertz CT molecular complexity index is 316. The molecule has 18 heavy (non-hydrogen) atoms. The second-order valence-corrected chi connectivity index (χ2v) is 6.42. The van der Waals surface area contributed by atoms with E-state index in [1.807, 2.05) is 0 Å². The van der Waals surface area contributed by atoms with E-state index in [1.165, 1.54) is 38.5 Å². The topological polar surface area (TPSA) is 32.3 Å².